The van der Waals surface area contributed by atoms with Crippen LogP contribution in [-0.2, 0) is 0 Å². The van der Waals surface area contributed by atoms with Crippen LogP contribution in [-0.4, -0.2) is 16.1 Å². The maximum Gasteiger partial charge on any atom is 0.160 e. The highest BCUT2D eigenvalue weighted by atomic mass is 16.3. The van der Waals surface area contributed by atoms with Crippen molar-refractivity contribution in [2.45, 2.75) is 13.3 Å². The van der Waals surface area contributed by atoms with Gasteiger partial charge in [-0.2, -0.15) is 0 Å². The largest absolute Gasteiger partial charge is 0.456 e. The lowest BCUT2D eigenvalue weighted by molar-refractivity contribution is 0.666. The second-order valence-corrected chi connectivity index (χ2v) is 16.5. The van der Waals surface area contributed by atoms with E-state index in [9.17, 15) is 0 Å². The molecule has 5 heteroatoms. The number of hydrogen-bond acceptors (Lipinski definition) is 4. The Hall–Kier alpha value is -8.02. The van der Waals surface area contributed by atoms with Crippen molar-refractivity contribution in [1.82, 2.24) is 4.57 Å². The molecule has 1 unspecified atom stereocenters. The van der Waals surface area contributed by atoms with Crippen LogP contribution in [0.25, 0.3) is 98.6 Å². The van der Waals surface area contributed by atoms with Gasteiger partial charge in [-0.15, -0.1) is 0 Å². The Kier molecular flexibility index (Phi) is 7.58. The number of furan rings is 2. The summed E-state index contributed by atoms with van der Waals surface area (Å²) < 4.78 is 15.9. The molecule has 1 aliphatic rings. The zero-order valence-corrected chi connectivity index (χ0v) is 33.8. The summed E-state index contributed by atoms with van der Waals surface area (Å²) in [5.74, 6) is 0.748. The van der Waals surface area contributed by atoms with Gasteiger partial charge in [0.25, 0.3) is 0 Å². The summed E-state index contributed by atoms with van der Waals surface area (Å²) in [6.45, 7) is 2.26. The molecule has 0 saturated heterocycles. The average molecular weight is 796 g/mol. The Morgan fingerprint density at radius 2 is 1.18 bits per heavy atom. The summed E-state index contributed by atoms with van der Waals surface area (Å²) in [6.07, 6.45) is 3.04. The van der Waals surface area contributed by atoms with Crippen LogP contribution in [0.5, 0.6) is 0 Å². The van der Waals surface area contributed by atoms with Gasteiger partial charge >= 0.3 is 0 Å². The molecule has 292 valence electrons. The first-order valence-electron chi connectivity index (χ1n) is 21.3. The number of allylic oxidation sites excluding steroid dienone is 1. The Labute approximate surface area is 356 Å². The van der Waals surface area contributed by atoms with Gasteiger partial charge in [0.1, 0.15) is 16.7 Å². The Morgan fingerprint density at radius 1 is 0.500 bits per heavy atom. The van der Waals surface area contributed by atoms with E-state index in [0.717, 1.165) is 95.1 Å². The fourth-order valence-corrected chi connectivity index (χ4v) is 9.85. The summed E-state index contributed by atoms with van der Waals surface area (Å²) in [5.41, 5.74) is 11.4. The number of fused-ring (bicyclic) bond motifs is 12. The van der Waals surface area contributed by atoms with Crippen molar-refractivity contribution in [2.24, 2.45) is 15.9 Å². The minimum atomic E-state index is 0.115. The predicted octanol–water partition coefficient (Wildman–Crippen LogP) is 15.2. The lowest BCUT2D eigenvalue weighted by atomic mass is 9.93. The molecule has 4 heterocycles. The first-order chi connectivity index (χ1) is 30.6. The molecule has 62 heavy (non-hydrogen) atoms. The third kappa shape index (κ3) is 5.28. The van der Waals surface area contributed by atoms with Gasteiger partial charge in [0.2, 0.25) is 0 Å². The molecule has 3 aromatic heterocycles. The van der Waals surface area contributed by atoms with E-state index in [1.165, 1.54) is 32.3 Å². The first-order valence-corrected chi connectivity index (χ1v) is 21.3. The number of hydrogen-bond donors (Lipinski definition) is 0. The SMILES string of the molecule is CC1C/C=C(\c2ccc3c(c2)oc2ccccc23)N=C(c2ccc(-n3c4cc5ccccc5cc4c4ccc5ccccc5c43)c3oc4ccccc4c23)N=C1c1ccccc1. The normalized spacial score (nSPS) is 15.8. The second kappa shape index (κ2) is 13.5. The molecule has 0 spiro atoms. The Bertz CT molecular complexity index is 3910. The van der Waals surface area contributed by atoms with Gasteiger partial charge in [0.05, 0.1) is 28.1 Å². The quantitative estimate of drug-likeness (QED) is 0.178. The van der Waals surface area contributed by atoms with Crippen molar-refractivity contribution in [2.75, 3.05) is 0 Å². The van der Waals surface area contributed by atoms with E-state index in [0.29, 0.717) is 5.84 Å². The van der Waals surface area contributed by atoms with Crippen molar-refractivity contribution in [3.05, 3.63) is 205 Å². The van der Waals surface area contributed by atoms with E-state index in [1.54, 1.807) is 0 Å². The number of nitrogens with zero attached hydrogens (tertiary/aromatic N) is 3. The predicted molar refractivity (Wildman–Crippen MR) is 258 cm³/mol. The fraction of sp³-hybridized carbons (Fsp3) is 0.0526. The van der Waals surface area contributed by atoms with Gasteiger partial charge in [-0.1, -0.05) is 146 Å². The lowest BCUT2D eigenvalue weighted by Gasteiger charge is -2.19. The van der Waals surface area contributed by atoms with Gasteiger partial charge in [-0.05, 0) is 76.7 Å². The Balaban J connectivity index is 1.11. The van der Waals surface area contributed by atoms with Crippen LogP contribution in [0.1, 0.15) is 30.0 Å². The zero-order valence-electron chi connectivity index (χ0n) is 33.8. The number of amidine groups is 1. The van der Waals surface area contributed by atoms with Crippen LogP contribution >= 0.6 is 0 Å². The van der Waals surface area contributed by atoms with E-state index in [4.69, 9.17) is 18.8 Å². The highest BCUT2D eigenvalue weighted by molar-refractivity contribution is 6.26. The molecule has 1 aliphatic heterocycles. The van der Waals surface area contributed by atoms with Crippen LogP contribution in [0.15, 0.2) is 207 Å². The summed E-state index contributed by atoms with van der Waals surface area (Å²) in [5, 5.41) is 11.4. The van der Waals surface area contributed by atoms with Crippen LogP contribution < -0.4 is 0 Å². The molecule has 1 atom stereocenters. The molecule has 12 aromatic rings. The molecule has 0 amide bonds. The van der Waals surface area contributed by atoms with E-state index < -0.39 is 0 Å². The van der Waals surface area contributed by atoms with Crippen LogP contribution in [0.2, 0.25) is 0 Å². The van der Waals surface area contributed by atoms with Gasteiger partial charge in [0, 0.05) is 54.7 Å². The molecular weight excluding hydrogens is 759 g/mol. The van der Waals surface area contributed by atoms with Crippen molar-refractivity contribution >= 4 is 104 Å². The number of aliphatic imine (C=N–C) groups is 2. The Morgan fingerprint density at radius 3 is 2.02 bits per heavy atom. The second-order valence-electron chi connectivity index (χ2n) is 16.5. The maximum atomic E-state index is 7.06. The number of benzene rings is 9. The molecule has 0 N–H and O–H groups in total. The van der Waals surface area contributed by atoms with E-state index in [-0.39, 0.29) is 5.92 Å². The molecule has 0 aliphatic carbocycles. The molecule has 0 radical (unpaired) electrons. The highest BCUT2D eigenvalue weighted by Gasteiger charge is 2.25. The summed E-state index contributed by atoms with van der Waals surface area (Å²) in [6, 6.07) is 64.4. The van der Waals surface area contributed by atoms with Gasteiger partial charge in [-0.25, -0.2) is 9.98 Å². The van der Waals surface area contributed by atoms with E-state index >= 15 is 0 Å². The third-order valence-electron chi connectivity index (χ3n) is 12.8. The summed E-state index contributed by atoms with van der Waals surface area (Å²) in [4.78, 5) is 11.1. The van der Waals surface area contributed by atoms with Crippen molar-refractivity contribution < 1.29 is 8.83 Å². The molecule has 5 nitrogen and oxygen atoms in total. The van der Waals surface area contributed by atoms with Crippen LogP contribution in [0.3, 0.4) is 0 Å². The van der Waals surface area contributed by atoms with Gasteiger partial charge < -0.3 is 13.4 Å². The molecule has 0 saturated carbocycles. The fourth-order valence-electron chi connectivity index (χ4n) is 9.85. The minimum absolute atomic E-state index is 0.115. The molecular formula is C57H37N3O2. The summed E-state index contributed by atoms with van der Waals surface area (Å²) in [7, 11) is 0. The van der Waals surface area contributed by atoms with Crippen LogP contribution in [0, 0.1) is 5.92 Å². The van der Waals surface area contributed by atoms with E-state index in [2.05, 4.69) is 181 Å². The molecule has 13 rings (SSSR count). The number of para-hydroxylation sites is 2. The van der Waals surface area contributed by atoms with Crippen molar-refractivity contribution in [1.29, 1.82) is 0 Å². The monoisotopic (exact) mass is 795 g/mol. The maximum absolute atomic E-state index is 7.06. The topological polar surface area (TPSA) is 55.9 Å². The third-order valence-corrected chi connectivity index (χ3v) is 12.8. The van der Waals surface area contributed by atoms with Crippen molar-refractivity contribution in [3.8, 4) is 5.69 Å². The molecule has 0 fully saturated rings. The van der Waals surface area contributed by atoms with Gasteiger partial charge in [-0.3, -0.25) is 0 Å². The van der Waals surface area contributed by atoms with Crippen molar-refractivity contribution in [3.63, 3.8) is 0 Å². The molecule has 0 bridgehead atoms. The minimum Gasteiger partial charge on any atom is -0.456 e. The number of rotatable bonds is 4. The lowest BCUT2D eigenvalue weighted by Crippen LogP contribution is -2.17. The highest BCUT2D eigenvalue weighted by Crippen LogP contribution is 2.43. The number of aromatic nitrogens is 1. The average Bonchev–Trinajstić information content (AvgIpc) is 3.99. The van der Waals surface area contributed by atoms with Crippen LogP contribution in [0.4, 0.5) is 0 Å². The smallest absolute Gasteiger partial charge is 0.160 e. The molecule has 9 aromatic carbocycles. The van der Waals surface area contributed by atoms with E-state index in [1.807, 2.05) is 18.2 Å². The van der Waals surface area contributed by atoms with Gasteiger partial charge in [0.15, 0.2) is 11.4 Å². The standard InChI is InChI=1S/C57H37N3O2/c1-34-23-29-47(39-25-26-42-41-19-9-11-21-50(41)61-52(42)33-39)58-57(59-54(34)36-14-3-2-4-15-36)45-28-30-48(56-53(45)44-20-10-12-22-51(44)62-56)60-49-32-38-17-6-5-16-37(38)31-46(49)43-27-24-35-13-7-8-18-40(35)55(43)60/h2-22,24-34H,23H2,1H3/b47-29+,58-57?,59-54?. The zero-order chi connectivity index (χ0) is 40.9. The summed E-state index contributed by atoms with van der Waals surface area (Å²) >= 11 is 0. The first kappa shape index (κ1) is 34.8.